The van der Waals surface area contributed by atoms with Crippen LogP contribution in [-0.2, 0) is 0 Å². The number of amides is 1. The number of nitrogens with two attached hydrogens (primary N) is 1. The molecule has 2 unspecified atom stereocenters. The zero-order chi connectivity index (χ0) is 14.1. The van der Waals surface area contributed by atoms with Crippen molar-refractivity contribution in [1.29, 1.82) is 0 Å². The second-order valence-corrected chi connectivity index (χ2v) is 5.42. The number of aryl methyl sites for hydroxylation is 1. The van der Waals surface area contributed by atoms with Gasteiger partial charge in [0, 0.05) is 17.6 Å². The summed E-state index contributed by atoms with van der Waals surface area (Å²) in [6.45, 7) is 1.96. The number of nitrogens with one attached hydrogen (secondary N) is 1. The van der Waals surface area contributed by atoms with Gasteiger partial charge in [-0.3, -0.25) is 4.79 Å². The van der Waals surface area contributed by atoms with Crippen LogP contribution in [0.2, 0.25) is 0 Å². The highest BCUT2D eigenvalue weighted by Crippen LogP contribution is 2.40. The van der Waals surface area contributed by atoms with Gasteiger partial charge in [-0.2, -0.15) is 0 Å². The van der Waals surface area contributed by atoms with Gasteiger partial charge in [0.1, 0.15) is 0 Å². The van der Waals surface area contributed by atoms with Crippen molar-refractivity contribution in [1.82, 2.24) is 5.32 Å². The lowest BCUT2D eigenvalue weighted by molar-refractivity contribution is 0.0951. The summed E-state index contributed by atoms with van der Waals surface area (Å²) < 4.78 is 0. The molecule has 3 heteroatoms. The van der Waals surface area contributed by atoms with Crippen molar-refractivity contribution >= 4 is 11.6 Å². The van der Waals surface area contributed by atoms with E-state index in [-0.39, 0.29) is 11.9 Å². The third-order valence-corrected chi connectivity index (χ3v) is 3.79. The molecule has 1 aliphatic carbocycles. The summed E-state index contributed by atoms with van der Waals surface area (Å²) >= 11 is 0. The number of hydrogen-bond donors (Lipinski definition) is 2. The van der Waals surface area contributed by atoms with Crippen molar-refractivity contribution in [2.45, 2.75) is 25.3 Å². The van der Waals surface area contributed by atoms with Gasteiger partial charge in [0.05, 0.1) is 5.56 Å². The molecule has 0 heterocycles. The molecule has 0 saturated heterocycles. The van der Waals surface area contributed by atoms with E-state index >= 15 is 0 Å². The fourth-order valence-electron chi connectivity index (χ4n) is 2.54. The molecule has 3 rings (SSSR count). The first-order chi connectivity index (χ1) is 9.65. The van der Waals surface area contributed by atoms with E-state index in [0.717, 1.165) is 12.0 Å². The van der Waals surface area contributed by atoms with E-state index < -0.39 is 0 Å². The Labute approximate surface area is 118 Å². The number of nitrogen functional groups attached to an aromatic ring is 1. The Morgan fingerprint density at radius 2 is 1.95 bits per heavy atom. The molecule has 1 fully saturated rings. The Morgan fingerprint density at radius 1 is 1.20 bits per heavy atom. The van der Waals surface area contributed by atoms with Gasteiger partial charge >= 0.3 is 0 Å². The van der Waals surface area contributed by atoms with Crippen LogP contribution in [-0.4, -0.2) is 11.9 Å². The van der Waals surface area contributed by atoms with Gasteiger partial charge in [-0.05, 0) is 31.0 Å². The predicted octanol–water partition coefficient (Wildman–Crippen LogP) is 2.86. The molecule has 0 bridgehead atoms. The van der Waals surface area contributed by atoms with E-state index in [2.05, 4.69) is 17.4 Å². The molecule has 1 amide bonds. The minimum atomic E-state index is -0.0744. The van der Waals surface area contributed by atoms with Gasteiger partial charge in [-0.25, -0.2) is 0 Å². The van der Waals surface area contributed by atoms with Gasteiger partial charge < -0.3 is 11.1 Å². The minimum absolute atomic E-state index is 0.0744. The molecular formula is C17H18N2O. The molecule has 3 N–H and O–H groups in total. The van der Waals surface area contributed by atoms with Gasteiger partial charge in [-0.15, -0.1) is 0 Å². The highest BCUT2D eigenvalue weighted by molar-refractivity contribution is 5.99. The summed E-state index contributed by atoms with van der Waals surface area (Å²) in [5.41, 5.74) is 9.31. The smallest absolute Gasteiger partial charge is 0.253 e. The highest BCUT2D eigenvalue weighted by atomic mass is 16.1. The number of carbonyl (C=O) groups is 1. The normalized spacial score (nSPS) is 20.4. The van der Waals surface area contributed by atoms with E-state index in [1.54, 1.807) is 6.07 Å². The summed E-state index contributed by atoms with van der Waals surface area (Å²) in [5, 5.41) is 3.07. The zero-order valence-corrected chi connectivity index (χ0v) is 11.5. The molecule has 102 valence electrons. The van der Waals surface area contributed by atoms with E-state index in [0.29, 0.717) is 17.2 Å². The van der Waals surface area contributed by atoms with Crippen LogP contribution in [0.4, 0.5) is 5.69 Å². The lowest BCUT2D eigenvalue weighted by Gasteiger charge is -2.08. The lowest BCUT2D eigenvalue weighted by Crippen LogP contribution is -2.27. The first kappa shape index (κ1) is 12.7. The molecular weight excluding hydrogens is 248 g/mol. The topological polar surface area (TPSA) is 55.1 Å². The fraction of sp³-hybridized carbons (Fsp3) is 0.235. The van der Waals surface area contributed by atoms with Gasteiger partial charge in [0.2, 0.25) is 0 Å². The Morgan fingerprint density at radius 3 is 2.70 bits per heavy atom. The first-order valence-electron chi connectivity index (χ1n) is 6.87. The summed E-state index contributed by atoms with van der Waals surface area (Å²) in [7, 11) is 0. The highest BCUT2D eigenvalue weighted by Gasteiger charge is 2.39. The molecule has 2 aromatic rings. The van der Waals surface area contributed by atoms with Crippen LogP contribution in [0.5, 0.6) is 0 Å². The summed E-state index contributed by atoms with van der Waals surface area (Å²) in [6, 6.07) is 16.1. The van der Waals surface area contributed by atoms with Gasteiger partial charge in [0.25, 0.3) is 5.91 Å². The minimum Gasteiger partial charge on any atom is -0.398 e. The second kappa shape index (κ2) is 5.00. The van der Waals surface area contributed by atoms with Crippen molar-refractivity contribution in [3.63, 3.8) is 0 Å². The molecule has 1 aliphatic rings. The van der Waals surface area contributed by atoms with E-state index in [9.17, 15) is 4.79 Å². The molecule has 20 heavy (non-hydrogen) atoms. The van der Waals surface area contributed by atoms with E-state index in [1.165, 1.54) is 5.56 Å². The Kier molecular flexibility index (Phi) is 3.18. The van der Waals surface area contributed by atoms with Crippen LogP contribution < -0.4 is 11.1 Å². The molecule has 0 radical (unpaired) electrons. The fourth-order valence-corrected chi connectivity index (χ4v) is 2.54. The first-order valence-corrected chi connectivity index (χ1v) is 6.87. The maximum absolute atomic E-state index is 12.3. The maximum atomic E-state index is 12.3. The number of benzene rings is 2. The van der Waals surface area contributed by atoms with Crippen molar-refractivity contribution < 1.29 is 4.79 Å². The van der Waals surface area contributed by atoms with Crippen LogP contribution in [0.25, 0.3) is 0 Å². The molecule has 2 atom stereocenters. The van der Waals surface area contributed by atoms with Crippen molar-refractivity contribution in [3.8, 4) is 0 Å². The standard InChI is InChI=1S/C17H18N2O/c1-11-7-8-15(18)14(9-11)17(20)19-16-10-13(16)12-5-3-2-4-6-12/h2-9,13,16H,10,18H2,1H3,(H,19,20). The van der Waals surface area contributed by atoms with Crippen molar-refractivity contribution in [2.75, 3.05) is 5.73 Å². The quantitative estimate of drug-likeness (QED) is 0.839. The van der Waals surface area contributed by atoms with Gasteiger partial charge in [0.15, 0.2) is 0 Å². The molecule has 1 saturated carbocycles. The monoisotopic (exact) mass is 266 g/mol. The summed E-state index contributed by atoms with van der Waals surface area (Å²) in [5.74, 6) is 0.362. The Bertz CT molecular complexity index is 637. The number of carbonyl (C=O) groups excluding carboxylic acids is 1. The van der Waals surface area contributed by atoms with E-state index in [4.69, 9.17) is 5.73 Å². The van der Waals surface area contributed by atoms with Crippen LogP contribution in [0.3, 0.4) is 0 Å². The zero-order valence-electron chi connectivity index (χ0n) is 11.5. The van der Waals surface area contributed by atoms with Crippen LogP contribution >= 0.6 is 0 Å². The van der Waals surface area contributed by atoms with Crippen molar-refractivity contribution in [3.05, 3.63) is 65.2 Å². The summed E-state index contributed by atoms with van der Waals surface area (Å²) in [4.78, 5) is 12.3. The second-order valence-electron chi connectivity index (χ2n) is 5.42. The van der Waals surface area contributed by atoms with Crippen LogP contribution in [0, 0.1) is 6.92 Å². The number of rotatable bonds is 3. The molecule has 2 aromatic carbocycles. The average molecular weight is 266 g/mol. The summed E-state index contributed by atoms with van der Waals surface area (Å²) in [6.07, 6.45) is 1.00. The molecule has 0 aromatic heterocycles. The average Bonchev–Trinajstić information content (AvgIpc) is 3.21. The largest absolute Gasteiger partial charge is 0.398 e. The van der Waals surface area contributed by atoms with Crippen LogP contribution in [0.15, 0.2) is 48.5 Å². The van der Waals surface area contributed by atoms with Crippen LogP contribution in [0.1, 0.15) is 33.8 Å². The molecule has 3 nitrogen and oxygen atoms in total. The van der Waals surface area contributed by atoms with Gasteiger partial charge in [-0.1, -0.05) is 42.0 Å². The molecule has 0 spiro atoms. The predicted molar refractivity (Wildman–Crippen MR) is 80.6 cm³/mol. The number of anilines is 1. The SMILES string of the molecule is Cc1ccc(N)c(C(=O)NC2CC2c2ccccc2)c1. The maximum Gasteiger partial charge on any atom is 0.253 e. The number of hydrogen-bond acceptors (Lipinski definition) is 2. The Balaban J connectivity index is 1.68. The Hall–Kier alpha value is -2.29. The lowest BCUT2D eigenvalue weighted by atomic mass is 10.1. The van der Waals surface area contributed by atoms with Crippen molar-refractivity contribution in [2.24, 2.45) is 0 Å². The molecule has 0 aliphatic heterocycles. The third-order valence-electron chi connectivity index (χ3n) is 3.79. The third kappa shape index (κ3) is 2.52. The van der Waals surface area contributed by atoms with E-state index in [1.807, 2.05) is 37.3 Å².